The maximum Gasteiger partial charge on any atom is 0.252 e. The van der Waals surface area contributed by atoms with Gasteiger partial charge in [-0.3, -0.25) is 9.59 Å². The highest BCUT2D eigenvalue weighted by atomic mass is 16.3. The molecule has 1 heterocycles. The van der Waals surface area contributed by atoms with Gasteiger partial charge in [0.05, 0.1) is 17.7 Å². The lowest BCUT2D eigenvalue weighted by atomic mass is 9.98. The smallest absolute Gasteiger partial charge is 0.252 e. The molecule has 5 nitrogen and oxygen atoms in total. The molecule has 0 unspecified atom stereocenters. The Labute approximate surface area is 145 Å². The molecule has 25 heavy (non-hydrogen) atoms. The number of nitrogens with one attached hydrogen (secondary N) is 1. The number of carbonyl (C=O) groups is 2. The summed E-state index contributed by atoms with van der Waals surface area (Å²) in [5.41, 5.74) is 7.82. The number of hydrogen-bond acceptors (Lipinski definition) is 3. The fourth-order valence-electron chi connectivity index (χ4n) is 2.83. The third-order valence-corrected chi connectivity index (χ3v) is 4.28. The summed E-state index contributed by atoms with van der Waals surface area (Å²) in [5.74, 6) is -1.05. The summed E-state index contributed by atoms with van der Waals surface area (Å²) >= 11 is 0. The van der Waals surface area contributed by atoms with E-state index in [1.807, 2.05) is 30.3 Å². The van der Waals surface area contributed by atoms with Crippen LogP contribution in [0.1, 0.15) is 22.3 Å². The first-order valence-electron chi connectivity index (χ1n) is 8.23. The quantitative estimate of drug-likeness (QED) is 0.695. The Balaban J connectivity index is 1.62. The maximum atomic E-state index is 12.5. The average molecular weight is 336 g/mol. The molecule has 128 valence electrons. The van der Waals surface area contributed by atoms with Crippen molar-refractivity contribution in [2.45, 2.75) is 12.8 Å². The molecule has 2 amide bonds. The largest absolute Gasteiger partial charge is 0.464 e. The minimum Gasteiger partial charge on any atom is -0.464 e. The number of hydrogen-bond donors (Lipinski definition) is 2. The predicted molar refractivity (Wildman–Crippen MR) is 96.0 cm³/mol. The number of nitrogens with two attached hydrogens (primary N) is 1. The lowest BCUT2D eigenvalue weighted by Crippen LogP contribution is -2.36. The Bertz CT molecular complexity index is 871. The van der Waals surface area contributed by atoms with E-state index >= 15 is 0 Å². The van der Waals surface area contributed by atoms with Gasteiger partial charge in [0.25, 0.3) is 5.91 Å². The van der Waals surface area contributed by atoms with E-state index < -0.39 is 11.8 Å². The maximum absolute atomic E-state index is 12.5. The van der Waals surface area contributed by atoms with Crippen LogP contribution in [-0.4, -0.2) is 18.4 Å². The van der Waals surface area contributed by atoms with Crippen LogP contribution in [0.5, 0.6) is 0 Å². The molecule has 0 aliphatic heterocycles. The van der Waals surface area contributed by atoms with Crippen molar-refractivity contribution in [1.82, 2.24) is 5.32 Å². The van der Waals surface area contributed by atoms with Crippen LogP contribution in [0.25, 0.3) is 11.0 Å². The molecule has 1 atom stereocenters. The van der Waals surface area contributed by atoms with Crippen LogP contribution in [0.15, 0.2) is 65.3 Å². The molecule has 5 heteroatoms. The highest BCUT2D eigenvalue weighted by Gasteiger charge is 2.18. The molecule has 3 rings (SSSR count). The molecule has 0 aliphatic carbocycles. The van der Waals surface area contributed by atoms with E-state index in [4.69, 9.17) is 10.2 Å². The van der Waals surface area contributed by atoms with Crippen molar-refractivity contribution >= 4 is 22.8 Å². The first-order chi connectivity index (χ1) is 12.1. The summed E-state index contributed by atoms with van der Waals surface area (Å²) in [6.45, 7) is 0.217. The fourth-order valence-corrected chi connectivity index (χ4v) is 2.83. The standard InChI is InChI=1S/C20H20N2O3/c21-19(23)15(10-9-14-5-2-1-3-6-14)13-22-20(24)17-7-4-8-18-16(17)11-12-25-18/h1-8,11-12,15H,9-10,13H2,(H2,21,23)(H,22,24)/t15-/m1/s1. The van der Waals surface area contributed by atoms with E-state index in [1.165, 1.54) is 0 Å². The van der Waals surface area contributed by atoms with Gasteiger partial charge in [-0.15, -0.1) is 0 Å². The topological polar surface area (TPSA) is 85.3 Å². The van der Waals surface area contributed by atoms with Gasteiger partial charge in [-0.05, 0) is 36.6 Å². The molecule has 0 radical (unpaired) electrons. The van der Waals surface area contributed by atoms with E-state index in [9.17, 15) is 9.59 Å². The molecule has 0 aliphatic rings. The van der Waals surface area contributed by atoms with Crippen molar-refractivity contribution in [3.05, 3.63) is 72.0 Å². The van der Waals surface area contributed by atoms with E-state index in [0.717, 1.165) is 17.4 Å². The van der Waals surface area contributed by atoms with E-state index in [2.05, 4.69) is 5.32 Å². The average Bonchev–Trinajstić information content (AvgIpc) is 3.10. The Morgan fingerprint density at radius 1 is 1.04 bits per heavy atom. The van der Waals surface area contributed by atoms with Crippen LogP contribution in [0.3, 0.4) is 0 Å². The summed E-state index contributed by atoms with van der Waals surface area (Å²) in [6, 6.07) is 16.9. The number of amides is 2. The van der Waals surface area contributed by atoms with Gasteiger partial charge < -0.3 is 15.5 Å². The van der Waals surface area contributed by atoms with Crippen molar-refractivity contribution in [1.29, 1.82) is 0 Å². The van der Waals surface area contributed by atoms with Gasteiger partial charge in [0.1, 0.15) is 5.58 Å². The monoisotopic (exact) mass is 336 g/mol. The van der Waals surface area contributed by atoms with Crippen LogP contribution < -0.4 is 11.1 Å². The Morgan fingerprint density at radius 3 is 2.60 bits per heavy atom. The molecule has 2 aromatic carbocycles. The van der Waals surface area contributed by atoms with E-state index in [-0.39, 0.29) is 12.5 Å². The molecule has 3 aromatic rings. The zero-order valence-electron chi connectivity index (χ0n) is 13.8. The SMILES string of the molecule is NC(=O)[C@H](CCc1ccccc1)CNC(=O)c1cccc2occc12. The van der Waals surface area contributed by atoms with Gasteiger partial charge in [-0.25, -0.2) is 0 Å². The van der Waals surface area contributed by atoms with Gasteiger partial charge in [0.15, 0.2) is 0 Å². The number of carbonyl (C=O) groups excluding carboxylic acids is 2. The number of fused-ring (bicyclic) bond motifs is 1. The first kappa shape index (κ1) is 16.8. The second-order valence-electron chi connectivity index (χ2n) is 5.97. The van der Waals surface area contributed by atoms with Crippen LogP contribution in [-0.2, 0) is 11.2 Å². The molecular weight excluding hydrogens is 316 g/mol. The molecule has 0 spiro atoms. The summed E-state index contributed by atoms with van der Waals surface area (Å²) in [4.78, 5) is 24.1. The van der Waals surface area contributed by atoms with Crippen molar-refractivity contribution in [2.75, 3.05) is 6.54 Å². The highest BCUT2D eigenvalue weighted by molar-refractivity contribution is 6.06. The van der Waals surface area contributed by atoms with Crippen LogP contribution in [0, 0.1) is 5.92 Å². The third-order valence-electron chi connectivity index (χ3n) is 4.28. The van der Waals surface area contributed by atoms with E-state index in [1.54, 1.807) is 30.5 Å². The second-order valence-corrected chi connectivity index (χ2v) is 5.97. The minimum absolute atomic E-state index is 0.217. The van der Waals surface area contributed by atoms with Crippen molar-refractivity contribution in [3.8, 4) is 0 Å². The van der Waals surface area contributed by atoms with Gasteiger partial charge in [-0.1, -0.05) is 36.4 Å². The first-order valence-corrected chi connectivity index (χ1v) is 8.23. The summed E-state index contributed by atoms with van der Waals surface area (Å²) < 4.78 is 5.31. The molecule has 0 saturated carbocycles. The molecular formula is C20H20N2O3. The number of aryl methyl sites for hydroxylation is 1. The Morgan fingerprint density at radius 2 is 1.84 bits per heavy atom. The van der Waals surface area contributed by atoms with Crippen LogP contribution in [0.2, 0.25) is 0 Å². The molecule has 1 aromatic heterocycles. The lowest BCUT2D eigenvalue weighted by Gasteiger charge is -2.14. The number of primary amides is 1. The number of benzene rings is 2. The fraction of sp³-hybridized carbons (Fsp3) is 0.200. The van der Waals surface area contributed by atoms with Crippen LogP contribution in [0.4, 0.5) is 0 Å². The van der Waals surface area contributed by atoms with Crippen molar-refractivity contribution in [2.24, 2.45) is 11.7 Å². The molecule has 0 bridgehead atoms. The normalized spacial score (nSPS) is 12.0. The predicted octanol–water partition coefficient (Wildman–Crippen LogP) is 2.90. The van der Waals surface area contributed by atoms with Crippen molar-refractivity contribution in [3.63, 3.8) is 0 Å². The second kappa shape index (κ2) is 7.66. The van der Waals surface area contributed by atoms with Crippen molar-refractivity contribution < 1.29 is 14.0 Å². The molecule has 0 fully saturated rings. The zero-order chi connectivity index (χ0) is 17.6. The highest BCUT2D eigenvalue weighted by Crippen LogP contribution is 2.19. The van der Waals surface area contributed by atoms with Crippen LogP contribution >= 0.6 is 0 Å². The van der Waals surface area contributed by atoms with Gasteiger partial charge in [0, 0.05) is 11.9 Å². The summed E-state index contributed by atoms with van der Waals surface area (Å²) in [5, 5.41) is 3.57. The minimum atomic E-state index is -0.410. The van der Waals surface area contributed by atoms with Gasteiger partial charge in [0.2, 0.25) is 5.91 Å². The Kier molecular flexibility index (Phi) is 5.14. The molecule has 0 saturated heterocycles. The van der Waals surface area contributed by atoms with Gasteiger partial charge >= 0.3 is 0 Å². The number of furan rings is 1. The summed E-state index contributed by atoms with van der Waals surface area (Å²) in [6.07, 6.45) is 2.88. The molecule has 3 N–H and O–H groups in total. The Hall–Kier alpha value is -3.08. The van der Waals surface area contributed by atoms with Gasteiger partial charge in [-0.2, -0.15) is 0 Å². The zero-order valence-corrected chi connectivity index (χ0v) is 13.8. The number of rotatable bonds is 7. The summed E-state index contributed by atoms with van der Waals surface area (Å²) in [7, 11) is 0. The lowest BCUT2D eigenvalue weighted by molar-refractivity contribution is -0.121. The third kappa shape index (κ3) is 4.07. The van der Waals surface area contributed by atoms with E-state index in [0.29, 0.717) is 17.6 Å².